The molecule has 2 aliphatic heterocycles. The number of carbonyl (C=O) groups excluding carboxylic acids is 2. The molecule has 1 N–H and O–H groups in total. The van der Waals surface area contributed by atoms with Crippen molar-refractivity contribution in [3.05, 3.63) is 66.0 Å². The van der Waals surface area contributed by atoms with Gasteiger partial charge in [-0.25, -0.2) is 4.98 Å². The summed E-state index contributed by atoms with van der Waals surface area (Å²) in [5.74, 6) is 1.47. The number of aromatic nitrogens is 3. The van der Waals surface area contributed by atoms with Crippen LogP contribution in [0.4, 0.5) is 5.82 Å². The zero-order valence-corrected chi connectivity index (χ0v) is 17.3. The Morgan fingerprint density at radius 3 is 2.77 bits per heavy atom. The minimum absolute atomic E-state index is 0.109. The van der Waals surface area contributed by atoms with E-state index < -0.39 is 5.66 Å². The van der Waals surface area contributed by atoms with Crippen LogP contribution in [0.2, 0.25) is 0 Å². The molecule has 0 aliphatic carbocycles. The predicted octanol–water partition coefficient (Wildman–Crippen LogP) is 2.12. The number of hydrogen-bond acceptors (Lipinski definition) is 6. The quantitative estimate of drug-likeness (QED) is 0.695. The lowest BCUT2D eigenvalue weighted by atomic mass is 9.91. The third kappa shape index (κ3) is 3.35. The van der Waals surface area contributed by atoms with Gasteiger partial charge < -0.3 is 19.5 Å². The van der Waals surface area contributed by atoms with Crippen LogP contribution in [0.15, 0.2) is 53.3 Å². The SMILES string of the molecule is CCN1c2ncccc2C(=O)NC12CCN(C(=O)c1ccc(Cn3cccn3)o1)CC2. The minimum Gasteiger partial charge on any atom is -0.454 e. The number of furan rings is 1. The van der Waals surface area contributed by atoms with Crippen LogP contribution < -0.4 is 10.2 Å². The maximum Gasteiger partial charge on any atom is 0.289 e. The monoisotopic (exact) mass is 420 g/mol. The number of rotatable bonds is 4. The average Bonchev–Trinajstić information content (AvgIpc) is 3.47. The van der Waals surface area contributed by atoms with E-state index in [2.05, 4.69) is 27.2 Å². The summed E-state index contributed by atoms with van der Waals surface area (Å²) in [6, 6.07) is 8.94. The van der Waals surface area contributed by atoms with Gasteiger partial charge in [0, 0.05) is 51.1 Å². The summed E-state index contributed by atoms with van der Waals surface area (Å²) in [7, 11) is 0. The zero-order chi connectivity index (χ0) is 21.4. The Morgan fingerprint density at radius 2 is 2.03 bits per heavy atom. The summed E-state index contributed by atoms with van der Waals surface area (Å²) in [6.07, 6.45) is 6.50. The standard InChI is InChI=1S/C22H24N6O3/c1-2-28-19-17(5-3-10-23-19)20(29)25-22(28)8-13-26(14-9-22)21(30)18-7-6-16(31-18)15-27-12-4-11-24-27/h3-7,10-12H,2,8-9,13-15H2,1H3,(H,25,29). The second-order valence-corrected chi connectivity index (χ2v) is 7.87. The Labute approximate surface area is 179 Å². The van der Waals surface area contributed by atoms with Crippen molar-refractivity contribution in [3.8, 4) is 0 Å². The Balaban J connectivity index is 1.29. The van der Waals surface area contributed by atoms with E-state index in [0.29, 0.717) is 61.9 Å². The van der Waals surface area contributed by atoms with Gasteiger partial charge in [0.2, 0.25) is 0 Å². The fourth-order valence-corrected chi connectivity index (χ4v) is 4.55. The number of piperidine rings is 1. The van der Waals surface area contributed by atoms with Crippen LogP contribution >= 0.6 is 0 Å². The molecule has 0 radical (unpaired) electrons. The molecule has 3 aromatic heterocycles. The number of nitrogens with one attached hydrogen (secondary N) is 1. The molecule has 1 spiro atoms. The molecule has 0 aromatic carbocycles. The van der Waals surface area contributed by atoms with Crippen LogP contribution in [0.3, 0.4) is 0 Å². The molecule has 5 heterocycles. The molecular formula is C22H24N6O3. The van der Waals surface area contributed by atoms with Crippen molar-refractivity contribution in [1.29, 1.82) is 0 Å². The molecule has 9 heteroatoms. The van der Waals surface area contributed by atoms with Crippen molar-refractivity contribution in [2.24, 2.45) is 0 Å². The van der Waals surface area contributed by atoms with Crippen molar-refractivity contribution < 1.29 is 14.0 Å². The van der Waals surface area contributed by atoms with Crippen LogP contribution in [0, 0.1) is 0 Å². The topological polar surface area (TPSA) is 96.5 Å². The predicted molar refractivity (Wildman–Crippen MR) is 113 cm³/mol. The van der Waals surface area contributed by atoms with Gasteiger partial charge in [0.1, 0.15) is 17.2 Å². The molecule has 5 rings (SSSR count). The van der Waals surface area contributed by atoms with Gasteiger partial charge in [-0.05, 0) is 37.3 Å². The van der Waals surface area contributed by atoms with Gasteiger partial charge in [0.05, 0.1) is 12.1 Å². The number of carbonyl (C=O) groups is 2. The first kappa shape index (κ1) is 19.3. The average molecular weight is 420 g/mol. The van der Waals surface area contributed by atoms with Crippen molar-refractivity contribution in [2.75, 3.05) is 24.5 Å². The van der Waals surface area contributed by atoms with E-state index in [9.17, 15) is 9.59 Å². The molecular weight excluding hydrogens is 396 g/mol. The number of anilines is 1. The molecule has 1 fully saturated rings. The van der Waals surface area contributed by atoms with Gasteiger partial charge in [0.25, 0.3) is 11.8 Å². The molecule has 0 bridgehead atoms. The van der Waals surface area contributed by atoms with Gasteiger partial charge in [-0.2, -0.15) is 5.10 Å². The highest BCUT2D eigenvalue weighted by molar-refractivity contribution is 6.01. The van der Waals surface area contributed by atoms with Gasteiger partial charge in [-0.15, -0.1) is 0 Å². The molecule has 1 saturated heterocycles. The smallest absolute Gasteiger partial charge is 0.289 e. The highest BCUT2D eigenvalue weighted by atomic mass is 16.4. The number of nitrogens with zero attached hydrogens (tertiary/aromatic N) is 5. The van der Waals surface area contributed by atoms with Crippen LogP contribution in [0.1, 0.15) is 46.4 Å². The lowest BCUT2D eigenvalue weighted by molar-refractivity contribution is 0.0574. The largest absolute Gasteiger partial charge is 0.454 e. The van der Waals surface area contributed by atoms with Crippen molar-refractivity contribution >= 4 is 17.6 Å². The highest BCUT2D eigenvalue weighted by Gasteiger charge is 2.46. The fraction of sp³-hybridized carbons (Fsp3) is 0.364. The third-order valence-corrected chi connectivity index (χ3v) is 6.09. The second-order valence-electron chi connectivity index (χ2n) is 7.87. The van der Waals surface area contributed by atoms with Gasteiger partial charge in [-0.3, -0.25) is 14.3 Å². The van der Waals surface area contributed by atoms with Crippen LogP contribution in [0.5, 0.6) is 0 Å². The van der Waals surface area contributed by atoms with E-state index in [1.165, 1.54) is 0 Å². The van der Waals surface area contributed by atoms with E-state index in [1.807, 2.05) is 18.3 Å². The van der Waals surface area contributed by atoms with Gasteiger partial charge in [-0.1, -0.05) is 0 Å². The number of pyridine rings is 1. The highest BCUT2D eigenvalue weighted by Crippen LogP contribution is 2.36. The fourth-order valence-electron chi connectivity index (χ4n) is 4.55. The molecule has 9 nitrogen and oxygen atoms in total. The van der Waals surface area contributed by atoms with Gasteiger partial charge in [0.15, 0.2) is 5.76 Å². The lowest BCUT2D eigenvalue weighted by Gasteiger charge is -2.51. The first-order valence-corrected chi connectivity index (χ1v) is 10.5. The first-order chi connectivity index (χ1) is 15.1. The third-order valence-electron chi connectivity index (χ3n) is 6.09. The molecule has 0 atom stereocenters. The molecule has 0 saturated carbocycles. The van der Waals surface area contributed by atoms with E-state index in [1.54, 1.807) is 40.2 Å². The summed E-state index contributed by atoms with van der Waals surface area (Å²) >= 11 is 0. The Kier molecular flexibility index (Phi) is 4.72. The number of amides is 2. The summed E-state index contributed by atoms with van der Waals surface area (Å²) in [5.41, 5.74) is 0.0621. The number of likely N-dealkylation sites (tertiary alicyclic amines) is 1. The maximum atomic E-state index is 13.0. The number of hydrogen-bond donors (Lipinski definition) is 1. The molecule has 31 heavy (non-hydrogen) atoms. The Hall–Kier alpha value is -3.62. The Morgan fingerprint density at radius 1 is 1.19 bits per heavy atom. The van der Waals surface area contributed by atoms with E-state index in [-0.39, 0.29) is 11.8 Å². The van der Waals surface area contributed by atoms with Crippen LogP contribution in [-0.4, -0.2) is 56.8 Å². The molecule has 0 unspecified atom stereocenters. The molecule has 3 aromatic rings. The maximum absolute atomic E-state index is 13.0. The van der Waals surface area contributed by atoms with Gasteiger partial charge >= 0.3 is 0 Å². The summed E-state index contributed by atoms with van der Waals surface area (Å²) in [6.45, 7) is 4.29. The second kappa shape index (κ2) is 7.57. The van der Waals surface area contributed by atoms with E-state index >= 15 is 0 Å². The molecule has 160 valence electrons. The van der Waals surface area contributed by atoms with E-state index in [0.717, 1.165) is 0 Å². The summed E-state index contributed by atoms with van der Waals surface area (Å²) < 4.78 is 7.52. The summed E-state index contributed by atoms with van der Waals surface area (Å²) in [4.78, 5) is 34.1. The van der Waals surface area contributed by atoms with Crippen molar-refractivity contribution in [2.45, 2.75) is 32.0 Å². The van der Waals surface area contributed by atoms with Crippen molar-refractivity contribution in [1.82, 2.24) is 25.0 Å². The van der Waals surface area contributed by atoms with Crippen LogP contribution in [-0.2, 0) is 6.54 Å². The molecule has 2 amide bonds. The van der Waals surface area contributed by atoms with E-state index in [4.69, 9.17) is 4.42 Å². The molecule has 2 aliphatic rings. The number of fused-ring (bicyclic) bond motifs is 1. The lowest BCUT2D eigenvalue weighted by Crippen LogP contribution is -2.68. The normalized spacial score (nSPS) is 17.5. The van der Waals surface area contributed by atoms with Crippen molar-refractivity contribution in [3.63, 3.8) is 0 Å². The zero-order valence-electron chi connectivity index (χ0n) is 17.3. The Bertz CT molecular complexity index is 1100. The van der Waals surface area contributed by atoms with Crippen LogP contribution in [0.25, 0.3) is 0 Å². The summed E-state index contributed by atoms with van der Waals surface area (Å²) in [5, 5.41) is 7.35. The minimum atomic E-state index is -0.529. The first-order valence-electron chi connectivity index (χ1n) is 10.5.